The Morgan fingerprint density at radius 3 is 2.79 bits per heavy atom. The number of carbonyl (C=O) groups is 1. The molecule has 2 aliphatic rings. The zero-order valence-corrected chi connectivity index (χ0v) is 14.3. The molecule has 2 aliphatic heterocycles. The standard InChI is InChI=1S/C18H27N3O3/c1-14-3-2-4-17(11-14)24-13-16(22)12-20-8-5-15(6-9-20)21-10-7-19-18(21)23/h2-4,11,15-16,22H,5-10,12-13H2,1H3,(H,19,23)/t16-/m0/s1. The van der Waals surface area contributed by atoms with Crippen LogP contribution in [-0.4, -0.2) is 72.4 Å². The van der Waals surface area contributed by atoms with E-state index >= 15 is 0 Å². The van der Waals surface area contributed by atoms with Crippen molar-refractivity contribution in [1.82, 2.24) is 15.1 Å². The molecule has 2 fully saturated rings. The summed E-state index contributed by atoms with van der Waals surface area (Å²) in [5, 5.41) is 13.1. The molecular formula is C18H27N3O3. The largest absolute Gasteiger partial charge is 0.491 e. The van der Waals surface area contributed by atoms with E-state index in [-0.39, 0.29) is 6.03 Å². The Hall–Kier alpha value is -1.79. The zero-order valence-electron chi connectivity index (χ0n) is 14.3. The van der Waals surface area contributed by atoms with E-state index in [1.54, 1.807) is 0 Å². The van der Waals surface area contributed by atoms with Crippen LogP contribution in [-0.2, 0) is 0 Å². The van der Waals surface area contributed by atoms with E-state index < -0.39 is 6.10 Å². The second kappa shape index (κ2) is 7.85. The third-order valence-corrected chi connectivity index (χ3v) is 4.79. The van der Waals surface area contributed by atoms with Crippen LogP contribution in [0.3, 0.4) is 0 Å². The van der Waals surface area contributed by atoms with Gasteiger partial charge in [0.25, 0.3) is 0 Å². The molecule has 2 N–H and O–H groups in total. The van der Waals surface area contributed by atoms with Crippen molar-refractivity contribution in [2.45, 2.75) is 31.9 Å². The molecule has 0 aromatic heterocycles. The Labute approximate surface area is 143 Å². The number of amides is 2. The highest BCUT2D eigenvalue weighted by molar-refractivity contribution is 5.76. The molecule has 3 rings (SSSR count). The average Bonchev–Trinajstić information content (AvgIpc) is 3.00. The van der Waals surface area contributed by atoms with E-state index in [2.05, 4.69) is 10.2 Å². The molecule has 0 saturated carbocycles. The lowest BCUT2D eigenvalue weighted by molar-refractivity contribution is 0.0508. The number of aliphatic hydroxyl groups is 1. The van der Waals surface area contributed by atoms with Crippen molar-refractivity contribution in [3.8, 4) is 5.75 Å². The number of β-amino-alcohol motifs (C(OH)–C–C–N with tert-alkyl or cyclic N) is 1. The van der Waals surface area contributed by atoms with Gasteiger partial charge in [0.2, 0.25) is 0 Å². The summed E-state index contributed by atoms with van der Waals surface area (Å²) in [4.78, 5) is 15.9. The van der Waals surface area contributed by atoms with Crippen molar-refractivity contribution in [1.29, 1.82) is 0 Å². The molecule has 0 unspecified atom stereocenters. The molecule has 24 heavy (non-hydrogen) atoms. The zero-order chi connectivity index (χ0) is 16.9. The minimum Gasteiger partial charge on any atom is -0.491 e. The Morgan fingerprint density at radius 2 is 2.12 bits per heavy atom. The third kappa shape index (κ3) is 4.39. The number of aliphatic hydroxyl groups excluding tert-OH is 1. The van der Waals surface area contributed by atoms with Crippen molar-refractivity contribution in [2.75, 3.05) is 39.3 Å². The number of rotatable bonds is 6. The van der Waals surface area contributed by atoms with Crippen LogP contribution >= 0.6 is 0 Å². The molecule has 2 saturated heterocycles. The monoisotopic (exact) mass is 333 g/mol. The van der Waals surface area contributed by atoms with Gasteiger partial charge in [-0.15, -0.1) is 0 Å². The maximum Gasteiger partial charge on any atom is 0.317 e. The molecule has 1 aromatic rings. The van der Waals surface area contributed by atoms with Gasteiger partial charge in [0.1, 0.15) is 18.5 Å². The lowest BCUT2D eigenvalue weighted by Gasteiger charge is -2.36. The fourth-order valence-corrected chi connectivity index (χ4v) is 3.50. The predicted molar refractivity (Wildman–Crippen MR) is 92.2 cm³/mol. The summed E-state index contributed by atoms with van der Waals surface area (Å²) < 4.78 is 5.67. The first-order valence-electron chi connectivity index (χ1n) is 8.76. The van der Waals surface area contributed by atoms with Crippen molar-refractivity contribution in [3.05, 3.63) is 29.8 Å². The highest BCUT2D eigenvalue weighted by Crippen LogP contribution is 2.19. The lowest BCUT2D eigenvalue weighted by atomic mass is 10.0. The molecule has 0 spiro atoms. The molecule has 6 heteroatoms. The van der Waals surface area contributed by atoms with Gasteiger partial charge >= 0.3 is 6.03 Å². The van der Waals surface area contributed by atoms with Crippen LogP contribution in [0.5, 0.6) is 5.75 Å². The second-order valence-electron chi connectivity index (χ2n) is 6.74. The number of urea groups is 1. The number of piperidine rings is 1. The summed E-state index contributed by atoms with van der Waals surface area (Å²) in [7, 11) is 0. The van der Waals surface area contributed by atoms with Gasteiger partial charge in [-0.25, -0.2) is 4.79 Å². The molecule has 1 aromatic carbocycles. The molecular weight excluding hydrogens is 306 g/mol. The normalized spacial score (nSPS) is 20.9. The molecule has 2 amide bonds. The summed E-state index contributed by atoms with van der Waals surface area (Å²) in [5.41, 5.74) is 1.15. The minimum atomic E-state index is -0.503. The van der Waals surface area contributed by atoms with Gasteiger partial charge < -0.3 is 25.0 Å². The molecule has 0 bridgehead atoms. The maximum absolute atomic E-state index is 11.7. The van der Waals surface area contributed by atoms with E-state index in [1.807, 2.05) is 36.1 Å². The van der Waals surface area contributed by atoms with Crippen LogP contribution in [0, 0.1) is 6.92 Å². The number of hydrogen-bond acceptors (Lipinski definition) is 4. The van der Waals surface area contributed by atoms with E-state index in [0.717, 1.165) is 50.3 Å². The van der Waals surface area contributed by atoms with E-state index in [0.29, 0.717) is 19.2 Å². The summed E-state index contributed by atoms with van der Waals surface area (Å²) in [5.74, 6) is 0.799. The van der Waals surface area contributed by atoms with Crippen molar-refractivity contribution < 1.29 is 14.6 Å². The average molecular weight is 333 g/mol. The van der Waals surface area contributed by atoms with Crippen LogP contribution in [0.25, 0.3) is 0 Å². The van der Waals surface area contributed by atoms with Crippen molar-refractivity contribution in [2.24, 2.45) is 0 Å². The first-order valence-corrected chi connectivity index (χ1v) is 8.76. The summed E-state index contributed by atoms with van der Waals surface area (Å²) >= 11 is 0. The molecule has 2 heterocycles. The number of benzene rings is 1. The predicted octanol–water partition coefficient (Wildman–Crippen LogP) is 1.22. The first kappa shape index (κ1) is 17.0. The number of likely N-dealkylation sites (tertiary alicyclic amines) is 1. The topological polar surface area (TPSA) is 65.0 Å². The fourth-order valence-electron chi connectivity index (χ4n) is 3.50. The summed E-state index contributed by atoms with van der Waals surface area (Å²) in [6.45, 7) is 6.34. The van der Waals surface area contributed by atoms with Crippen molar-refractivity contribution >= 4 is 6.03 Å². The van der Waals surface area contributed by atoms with Gasteiger partial charge in [-0.1, -0.05) is 12.1 Å². The Balaban J connectivity index is 1.38. The molecule has 132 valence electrons. The van der Waals surface area contributed by atoms with Gasteiger partial charge in [-0.05, 0) is 37.5 Å². The van der Waals surface area contributed by atoms with Gasteiger partial charge in [0, 0.05) is 38.8 Å². The minimum absolute atomic E-state index is 0.0695. The number of ether oxygens (including phenoxy) is 1. The van der Waals surface area contributed by atoms with Gasteiger partial charge in [-0.3, -0.25) is 0 Å². The lowest BCUT2D eigenvalue weighted by Crippen LogP contribution is -2.48. The second-order valence-corrected chi connectivity index (χ2v) is 6.74. The first-order chi connectivity index (χ1) is 11.6. The van der Waals surface area contributed by atoms with Gasteiger partial charge in [-0.2, -0.15) is 0 Å². The number of carbonyl (C=O) groups excluding carboxylic acids is 1. The van der Waals surface area contributed by atoms with Crippen LogP contribution < -0.4 is 10.1 Å². The quantitative estimate of drug-likeness (QED) is 0.822. The number of nitrogens with one attached hydrogen (secondary N) is 1. The summed E-state index contributed by atoms with van der Waals surface area (Å²) in [6.07, 6.45) is 1.44. The summed E-state index contributed by atoms with van der Waals surface area (Å²) in [6, 6.07) is 8.26. The maximum atomic E-state index is 11.7. The SMILES string of the molecule is Cc1cccc(OC[C@@H](O)CN2CCC(N3CCNC3=O)CC2)c1. The van der Waals surface area contributed by atoms with E-state index in [1.165, 1.54) is 0 Å². The van der Waals surface area contributed by atoms with Crippen LogP contribution in [0.4, 0.5) is 4.79 Å². The van der Waals surface area contributed by atoms with Crippen LogP contribution in [0.2, 0.25) is 0 Å². The van der Waals surface area contributed by atoms with Gasteiger partial charge in [0.15, 0.2) is 0 Å². The smallest absolute Gasteiger partial charge is 0.317 e. The molecule has 0 aliphatic carbocycles. The van der Waals surface area contributed by atoms with Gasteiger partial charge in [0.05, 0.1) is 0 Å². The van der Waals surface area contributed by atoms with E-state index in [9.17, 15) is 9.90 Å². The third-order valence-electron chi connectivity index (χ3n) is 4.79. The Kier molecular flexibility index (Phi) is 5.58. The Bertz CT molecular complexity index is 558. The van der Waals surface area contributed by atoms with E-state index in [4.69, 9.17) is 4.74 Å². The number of hydrogen-bond donors (Lipinski definition) is 2. The number of aryl methyl sites for hydroxylation is 1. The van der Waals surface area contributed by atoms with Crippen LogP contribution in [0.1, 0.15) is 18.4 Å². The molecule has 1 atom stereocenters. The molecule has 6 nitrogen and oxygen atoms in total. The Morgan fingerprint density at radius 1 is 1.33 bits per heavy atom. The highest BCUT2D eigenvalue weighted by atomic mass is 16.5. The fraction of sp³-hybridized carbons (Fsp3) is 0.611. The molecule has 0 radical (unpaired) electrons. The highest BCUT2D eigenvalue weighted by Gasteiger charge is 2.30. The van der Waals surface area contributed by atoms with Crippen LogP contribution in [0.15, 0.2) is 24.3 Å². The number of nitrogens with zero attached hydrogens (tertiary/aromatic N) is 2. The van der Waals surface area contributed by atoms with Crippen molar-refractivity contribution in [3.63, 3.8) is 0 Å².